The van der Waals surface area contributed by atoms with Crippen molar-refractivity contribution in [2.45, 2.75) is 20.8 Å². The van der Waals surface area contributed by atoms with Crippen LogP contribution in [0, 0.1) is 20.8 Å². The monoisotopic (exact) mass is 317 g/mol. The number of hydrogen-bond donors (Lipinski definition) is 0. The second kappa shape index (κ2) is 5.03. The van der Waals surface area contributed by atoms with E-state index in [2.05, 4.69) is 35.2 Å². The molecule has 0 fully saturated rings. The second-order valence-corrected chi connectivity index (χ2v) is 6.07. The van der Waals surface area contributed by atoms with Gasteiger partial charge in [0.15, 0.2) is 17.0 Å². The highest BCUT2D eigenvalue weighted by Crippen LogP contribution is 2.31. The number of rotatable bonds is 2. The van der Waals surface area contributed by atoms with Gasteiger partial charge in [-0.3, -0.25) is 4.57 Å². The first kappa shape index (κ1) is 14.6. The summed E-state index contributed by atoms with van der Waals surface area (Å²) in [6.07, 6.45) is 1.90. The molecule has 24 heavy (non-hydrogen) atoms. The number of nitrogens with zero attached hydrogens (tertiary/aromatic N) is 5. The van der Waals surface area contributed by atoms with E-state index in [4.69, 9.17) is 10.1 Å². The highest BCUT2D eigenvalue weighted by atomic mass is 15.3. The number of fused-ring (bicyclic) bond motifs is 2. The van der Waals surface area contributed by atoms with Crippen LogP contribution in [0.1, 0.15) is 22.6 Å². The van der Waals surface area contributed by atoms with Gasteiger partial charge in [-0.15, -0.1) is 0 Å². The average Bonchev–Trinajstić information content (AvgIpc) is 3.02. The van der Waals surface area contributed by atoms with Gasteiger partial charge in [-0.1, -0.05) is 30.9 Å². The Labute approximate surface area is 140 Å². The maximum atomic E-state index is 4.76. The van der Waals surface area contributed by atoms with E-state index in [1.165, 1.54) is 5.39 Å². The lowest BCUT2D eigenvalue weighted by Crippen LogP contribution is -2.00. The Morgan fingerprint density at radius 2 is 1.75 bits per heavy atom. The fourth-order valence-corrected chi connectivity index (χ4v) is 3.28. The van der Waals surface area contributed by atoms with E-state index >= 15 is 0 Å². The third-order valence-electron chi connectivity index (χ3n) is 4.63. The molecule has 0 aliphatic rings. The predicted octanol–water partition coefficient (Wildman–Crippen LogP) is 3.88. The normalized spacial score (nSPS) is 11.5. The second-order valence-electron chi connectivity index (χ2n) is 6.07. The molecule has 3 heterocycles. The molecule has 0 atom stereocenters. The van der Waals surface area contributed by atoms with Gasteiger partial charge < -0.3 is 0 Å². The van der Waals surface area contributed by atoms with Crippen molar-refractivity contribution in [3.05, 3.63) is 53.5 Å². The van der Waals surface area contributed by atoms with Crippen LogP contribution in [0.4, 0.5) is 0 Å². The molecule has 0 unspecified atom stereocenters. The summed E-state index contributed by atoms with van der Waals surface area (Å²) in [5.74, 6) is 0.810. The molecule has 0 saturated carbocycles. The van der Waals surface area contributed by atoms with Gasteiger partial charge in [0, 0.05) is 23.7 Å². The van der Waals surface area contributed by atoms with E-state index in [0.29, 0.717) is 0 Å². The number of hydrogen-bond acceptors (Lipinski definition) is 3. The number of benzene rings is 1. The van der Waals surface area contributed by atoms with Crippen LogP contribution in [0.3, 0.4) is 0 Å². The minimum atomic E-state index is 0.797. The maximum absolute atomic E-state index is 4.76. The van der Waals surface area contributed by atoms with Crippen LogP contribution >= 0.6 is 0 Å². The van der Waals surface area contributed by atoms with E-state index in [1.54, 1.807) is 4.68 Å². The quantitative estimate of drug-likeness (QED) is 0.564. The van der Waals surface area contributed by atoms with Gasteiger partial charge in [-0.05, 0) is 26.8 Å². The molecule has 0 radical (unpaired) electrons. The molecular weight excluding hydrogens is 298 g/mol. The summed E-state index contributed by atoms with van der Waals surface area (Å²) in [4.78, 5) is 9.42. The molecule has 5 nitrogen and oxygen atoms in total. The molecule has 0 N–H and O–H groups in total. The Balaban J connectivity index is 2.17. The molecule has 4 aromatic rings. The standard InChI is InChI=1S/C19H19N5/c1-6-14-13(4)24(16-10-8-7-9-15(14)16)19-17-18(23(5)22-19)21-12(3)11(2)20-17/h6-10H,1H2,2-5H3. The van der Waals surface area contributed by atoms with Crippen LogP contribution in [0.5, 0.6) is 0 Å². The van der Waals surface area contributed by atoms with Gasteiger partial charge >= 0.3 is 0 Å². The Hall–Kier alpha value is -2.95. The molecule has 5 heteroatoms. The lowest BCUT2D eigenvalue weighted by atomic mass is 10.1. The zero-order chi connectivity index (χ0) is 17.0. The molecule has 0 aliphatic heterocycles. The fourth-order valence-electron chi connectivity index (χ4n) is 3.28. The number of para-hydroxylation sites is 1. The lowest BCUT2D eigenvalue weighted by Gasteiger charge is -2.05. The molecule has 0 bridgehead atoms. The third-order valence-corrected chi connectivity index (χ3v) is 4.63. The molecule has 0 aliphatic carbocycles. The zero-order valence-electron chi connectivity index (χ0n) is 14.3. The highest BCUT2D eigenvalue weighted by Gasteiger charge is 2.20. The van der Waals surface area contributed by atoms with Gasteiger partial charge in [0.2, 0.25) is 0 Å². The maximum Gasteiger partial charge on any atom is 0.187 e. The summed E-state index contributed by atoms with van der Waals surface area (Å²) in [7, 11) is 1.91. The molecule has 0 amide bonds. The van der Waals surface area contributed by atoms with Crippen molar-refractivity contribution in [1.29, 1.82) is 0 Å². The summed E-state index contributed by atoms with van der Waals surface area (Å²) < 4.78 is 3.95. The first-order chi connectivity index (χ1) is 11.5. The van der Waals surface area contributed by atoms with Crippen molar-refractivity contribution in [2.75, 3.05) is 0 Å². The molecule has 3 aromatic heterocycles. The van der Waals surface area contributed by atoms with E-state index < -0.39 is 0 Å². The number of aromatic nitrogens is 5. The minimum absolute atomic E-state index is 0.797. The van der Waals surface area contributed by atoms with Gasteiger partial charge in [-0.2, -0.15) is 5.10 Å². The van der Waals surface area contributed by atoms with Crippen molar-refractivity contribution in [2.24, 2.45) is 7.05 Å². The van der Waals surface area contributed by atoms with Gasteiger partial charge in [0.05, 0.1) is 16.9 Å². The minimum Gasteiger partial charge on any atom is -0.295 e. The summed E-state index contributed by atoms with van der Waals surface area (Å²) in [6, 6.07) is 8.30. The summed E-state index contributed by atoms with van der Waals surface area (Å²) in [6.45, 7) is 10.0. The Kier molecular flexibility index (Phi) is 3.06. The van der Waals surface area contributed by atoms with Crippen LogP contribution in [-0.2, 0) is 7.05 Å². The van der Waals surface area contributed by atoms with Crippen molar-refractivity contribution >= 4 is 28.1 Å². The zero-order valence-corrected chi connectivity index (χ0v) is 14.3. The van der Waals surface area contributed by atoms with E-state index in [-0.39, 0.29) is 0 Å². The first-order valence-electron chi connectivity index (χ1n) is 7.93. The fraction of sp³-hybridized carbons (Fsp3) is 0.211. The largest absolute Gasteiger partial charge is 0.295 e. The van der Waals surface area contributed by atoms with Gasteiger partial charge in [-0.25, -0.2) is 14.6 Å². The van der Waals surface area contributed by atoms with Crippen molar-refractivity contribution in [3.63, 3.8) is 0 Å². The van der Waals surface area contributed by atoms with Gasteiger partial charge in [0.25, 0.3) is 0 Å². The van der Waals surface area contributed by atoms with Crippen LogP contribution in [-0.4, -0.2) is 24.3 Å². The van der Waals surface area contributed by atoms with E-state index in [1.807, 2.05) is 39.1 Å². The first-order valence-corrected chi connectivity index (χ1v) is 7.93. The van der Waals surface area contributed by atoms with Gasteiger partial charge in [0.1, 0.15) is 0 Å². The lowest BCUT2D eigenvalue weighted by molar-refractivity contribution is 0.766. The Bertz CT molecular complexity index is 1110. The van der Waals surface area contributed by atoms with Crippen LogP contribution in [0.25, 0.3) is 34.0 Å². The van der Waals surface area contributed by atoms with E-state index in [0.717, 1.165) is 45.1 Å². The van der Waals surface area contributed by atoms with Crippen LogP contribution in [0.2, 0.25) is 0 Å². The van der Waals surface area contributed by atoms with Crippen molar-refractivity contribution in [1.82, 2.24) is 24.3 Å². The summed E-state index contributed by atoms with van der Waals surface area (Å²) in [5, 5.41) is 5.89. The van der Waals surface area contributed by atoms with Crippen LogP contribution in [0.15, 0.2) is 30.8 Å². The molecule has 120 valence electrons. The molecule has 0 spiro atoms. The molecule has 1 aromatic carbocycles. The molecule has 4 rings (SSSR count). The summed E-state index contributed by atoms with van der Waals surface area (Å²) >= 11 is 0. The molecule has 0 saturated heterocycles. The average molecular weight is 317 g/mol. The number of aryl methyl sites for hydroxylation is 3. The summed E-state index contributed by atoms with van der Waals surface area (Å²) in [5.41, 5.74) is 6.80. The smallest absolute Gasteiger partial charge is 0.187 e. The Morgan fingerprint density at radius 3 is 2.50 bits per heavy atom. The van der Waals surface area contributed by atoms with Crippen molar-refractivity contribution < 1.29 is 0 Å². The molecular formula is C19H19N5. The topological polar surface area (TPSA) is 48.5 Å². The van der Waals surface area contributed by atoms with Crippen molar-refractivity contribution in [3.8, 4) is 5.82 Å². The van der Waals surface area contributed by atoms with Crippen LogP contribution < -0.4 is 0 Å². The highest BCUT2D eigenvalue weighted by molar-refractivity contribution is 5.94. The Morgan fingerprint density at radius 1 is 1.04 bits per heavy atom. The third kappa shape index (κ3) is 1.84. The predicted molar refractivity (Wildman–Crippen MR) is 97.4 cm³/mol. The SMILES string of the molecule is C=Cc1c(C)n(-c2nn(C)c3nc(C)c(C)nc23)c2ccccc12. The van der Waals surface area contributed by atoms with E-state index in [9.17, 15) is 0 Å².